The number of alkyl halides is 1. The molecule has 1 amide bonds. The van der Waals surface area contributed by atoms with Crippen molar-refractivity contribution in [2.45, 2.75) is 38.3 Å². The Kier molecular flexibility index (Phi) is 1.87. The Balaban J connectivity index is 1.67. The minimum atomic E-state index is -1.01. The number of rotatable bonds is 3. The topological polar surface area (TPSA) is 57.8 Å². The first kappa shape index (κ1) is 9.81. The average molecular weight is 223 g/mol. The van der Waals surface area contributed by atoms with Gasteiger partial charge < -0.3 is 5.32 Å². The fourth-order valence-corrected chi connectivity index (χ4v) is 1.81. The van der Waals surface area contributed by atoms with Crippen LogP contribution in [-0.2, 0) is 4.79 Å². The molecule has 2 fully saturated rings. The Morgan fingerprint density at radius 1 is 1.69 bits per heavy atom. The zero-order valence-corrected chi connectivity index (χ0v) is 9.09. The van der Waals surface area contributed by atoms with E-state index in [-0.39, 0.29) is 5.91 Å². The molecule has 0 spiro atoms. The van der Waals surface area contributed by atoms with Gasteiger partial charge in [-0.15, -0.1) is 0 Å². The van der Waals surface area contributed by atoms with Crippen molar-refractivity contribution in [3.05, 3.63) is 11.8 Å². The van der Waals surface area contributed by atoms with Crippen LogP contribution in [0.3, 0.4) is 0 Å². The number of H-pyrrole nitrogens is 1. The van der Waals surface area contributed by atoms with E-state index < -0.39 is 11.6 Å². The molecule has 2 aliphatic rings. The highest BCUT2D eigenvalue weighted by atomic mass is 19.1. The lowest BCUT2D eigenvalue weighted by atomic mass is 10.1. The Hall–Kier alpha value is -1.39. The van der Waals surface area contributed by atoms with Gasteiger partial charge in [0, 0.05) is 17.7 Å². The smallest absolute Gasteiger partial charge is 0.234 e. The third-order valence-corrected chi connectivity index (χ3v) is 3.51. The monoisotopic (exact) mass is 223 g/mol. The number of amides is 1. The maximum Gasteiger partial charge on any atom is 0.234 e. The number of halogens is 1. The van der Waals surface area contributed by atoms with Crippen molar-refractivity contribution in [2.75, 3.05) is 5.32 Å². The summed E-state index contributed by atoms with van der Waals surface area (Å²) in [5.74, 6) is 0.810. The highest BCUT2D eigenvalue weighted by Gasteiger charge is 2.57. The van der Waals surface area contributed by atoms with Crippen LogP contribution in [0.15, 0.2) is 6.07 Å². The number of carbonyl (C=O) groups is 1. The summed E-state index contributed by atoms with van der Waals surface area (Å²) in [7, 11) is 0. The van der Waals surface area contributed by atoms with E-state index in [9.17, 15) is 9.18 Å². The van der Waals surface area contributed by atoms with Gasteiger partial charge in [-0.1, -0.05) is 0 Å². The Labute approximate surface area is 92.6 Å². The first-order valence-electron chi connectivity index (χ1n) is 5.60. The van der Waals surface area contributed by atoms with Crippen molar-refractivity contribution in [1.82, 2.24) is 10.2 Å². The Morgan fingerprint density at radius 2 is 2.38 bits per heavy atom. The van der Waals surface area contributed by atoms with Gasteiger partial charge in [0.2, 0.25) is 5.91 Å². The molecule has 4 nitrogen and oxygen atoms in total. The summed E-state index contributed by atoms with van der Waals surface area (Å²) >= 11 is 0. The highest BCUT2D eigenvalue weighted by molar-refractivity contribution is 5.97. The number of anilines is 1. The van der Waals surface area contributed by atoms with Crippen molar-refractivity contribution in [3.8, 4) is 0 Å². The summed E-state index contributed by atoms with van der Waals surface area (Å²) in [5, 5.41) is 9.56. The molecule has 16 heavy (non-hydrogen) atoms. The molecule has 2 atom stereocenters. The predicted octanol–water partition coefficient (Wildman–Crippen LogP) is 1.97. The molecule has 1 aromatic rings. The van der Waals surface area contributed by atoms with E-state index in [4.69, 9.17) is 0 Å². The summed E-state index contributed by atoms with van der Waals surface area (Å²) in [6.45, 7) is 1.64. The van der Waals surface area contributed by atoms with Gasteiger partial charge >= 0.3 is 0 Å². The second-order valence-electron chi connectivity index (χ2n) is 5.03. The van der Waals surface area contributed by atoms with Gasteiger partial charge in [0.1, 0.15) is 6.17 Å². The molecule has 2 saturated carbocycles. The van der Waals surface area contributed by atoms with Crippen LogP contribution in [0.5, 0.6) is 0 Å². The van der Waals surface area contributed by atoms with Crippen LogP contribution in [0, 0.1) is 5.41 Å². The van der Waals surface area contributed by atoms with Gasteiger partial charge in [-0.2, -0.15) is 5.10 Å². The third-order valence-electron chi connectivity index (χ3n) is 3.51. The average Bonchev–Trinajstić information content (AvgIpc) is 3.13. The van der Waals surface area contributed by atoms with Crippen LogP contribution in [0.1, 0.15) is 37.8 Å². The number of hydrogen-bond donors (Lipinski definition) is 2. The van der Waals surface area contributed by atoms with Crippen molar-refractivity contribution in [3.63, 3.8) is 0 Å². The van der Waals surface area contributed by atoms with Crippen LogP contribution in [-0.4, -0.2) is 22.3 Å². The van der Waals surface area contributed by atoms with Crippen LogP contribution in [0.2, 0.25) is 0 Å². The van der Waals surface area contributed by atoms with Crippen LogP contribution < -0.4 is 5.32 Å². The molecule has 0 aliphatic heterocycles. The molecule has 0 bridgehead atoms. The lowest BCUT2D eigenvalue weighted by Crippen LogP contribution is -2.23. The zero-order valence-electron chi connectivity index (χ0n) is 9.09. The van der Waals surface area contributed by atoms with E-state index >= 15 is 0 Å². The molecule has 86 valence electrons. The van der Waals surface area contributed by atoms with E-state index in [1.54, 1.807) is 6.92 Å². The quantitative estimate of drug-likeness (QED) is 0.823. The second kappa shape index (κ2) is 3.06. The number of carbonyl (C=O) groups excluding carboxylic acids is 1. The number of hydrogen-bond acceptors (Lipinski definition) is 2. The van der Waals surface area contributed by atoms with Crippen molar-refractivity contribution in [1.29, 1.82) is 0 Å². The van der Waals surface area contributed by atoms with Gasteiger partial charge in [0.25, 0.3) is 0 Å². The standard InChI is InChI=1S/C11H14FN3O/c1-11(5-8(11)12)10(16)13-9-4-7(14-15-9)6-2-3-6/h4,6,8H,2-3,5H2,1H3,(H2,13,14,15,16). The van der Waals surface area contributed by atoms with Crippen LogP contribution >= 0.6 is 0 Å². The third kappa shape index (κ3) is 1.50. The number of nitrogens with one attached hydrogen (secondary N) is 2. The lowest BCUT2D eigenvalue weighted by molar-refractivity contribution is -0.121. The van der Waals surface area contributed by atoms with E-state index in [1.807, 2.05) is 6.07 Å². The van der Waals surface area contributed by atoms with Gasteiger partial charge in [-0.25, -0.2) is 4.39 Å². The van der Waals surface area contributed by atoms with Crippen molar-refractivity contribution >= 4 is 11.7 Å². The lowest BCUT2D eigenvalue weighted by Gasteiger charge is -2.06. The molecule has 1 aromatic heterocycles. The molecule has 0 radical (unpaired) electrons. The number of nitrogens with zero attached hydrogens (tertiary/aromatic N) is 1. The minimum absolute atomic E-state index is 0.270. The zero-order chi connectivity index (χ0) is 11.3. The summed E-state index contributed by atoms with van der Waals surface area (Å²) < 4.78 is 13.0. The SMILES string of the molecule is CC1(C(=O)Nc2cc(C3CC3)[nH]n2)CC1F. The maximum atomic E-state index is 13.0. The Bertz CT molecular complexity index is 440. The number of aromatic amines is 1. The van der Waals surface area contributed by atoms with Crippen LogP contribution in [0.25, 0.3) is 0 Å². The predicted molar refractivity (Wildman–Crippen MR) is 56.8 cm³/mol. The van der Waals surface area contributed by atoms with Gasteiger partial charge in [-0.05, 0) is 26.2 Å². The number of aromatic nitrogens is 2. The summed E-state index contributed by atoms with van der Waals surface area (Å²) in [6, 6.07) is 1.84. The molecule has 2 N–H and O–H groups in total. The molecule has 0 saturated heterocycles. The van der Waals surface area contributed by atoms with Crippen molar-refractivity contribution in [2.24, 2.45) is 5.41 Å². The van der Waals surface area contributed by atoms with E-state index in [1.165, 1.54) is 12.8 Å². The fraction of sp³-hybridized carbons (Fsp3) is 0.636. The first-order valence-corrected chi connectivity index (χ1v) is 5.60. The molecule has 5 heteroatoms. The largest absolute Gasteiger partial charge is 0.309 e. The summed E-state index contributed by atoms with van der Waals surface area (Å²) in [6.07, 6.45) is 1.67. The summed E-state index contributed by atoms with van der Waals surface area (Å²) in [5.41, 5.74) is 0.228. The fourth-order valence-electron chi connectivity index (χ4n) is 1.81. The molecule has 2 aliphatic carbocycles. The van der Waals surface area contributed by atoms with E-state index in [0.29, 0.717) is 18.2 Å². The summed E-state index contributed by atoms with van der Waals surface area (Å²) in [4.78, 5) is 11.7. The molecule has 0 aromatic carbocycles. The van der Waals surface area contributed by atoms with E-state index in [0.717, 1.165) is 5.69 Å². The van der Waals surface area contributed by atoms with Crippen molar-refractivity contribution < 1.29 is 9.18 Å². The highest BCUT2D eigenvalue weighted by Crippen LogP contribution is 2.49. The molecule has 3 rings (SSSR count). The van der Waals surface area contributed by atoms with Crippen LogP contribution in [0.4, 0.5) is 10.2 Å². The second-order valence-corrected chi connectivity index (χ2v) is 5.03. The first-order chi connectivity index (χ1) is 7.59. The Morgan fingerprint density at radius 3 is 2.94 bits per heavy atom. The van der Waals surface area contributed by atoms with Gasteiger partial charge in [-0.3, -0.25) is 9.89 Å². The normalized spacial score (nSPS) is 32.5. The van der Waals surface area contributed by atoms with Gasteiger partial charge in [0.05, 0.1) is 5.41 Å². The maximum absolute atomic E-state index is 13.0. The molecular formula is C11H14FN3O. The minimum Gasteiger partial charge on any atom is -0.309 e. The molecule has 1 heterocycles. The van der Waals surface area contributed by atoms with E-state index in [2.05, 4.69) is 15.5 Å². The molecule has 2 unspecified atom stereocenters. The molecular weight excluding hydrogens is 209 g/mol. The van der Waals surface area contributed by atoms with Gasteiger partial charge in [0.15, 0.2) is 5.82 Å².